The molecule has 1 fully saturated rings. The van der Waals surface area contributed by atoms with Gasteiger partial charge < -0.3 is 15.1 Å². The highest BCUT2D eigenvalue weighted by Gasteiger charge is 2.34. The van der Waals surface area contributed by atoms with E-state index < -0.39 is 33.6 Å². The minimum Gasteiger partial charge on any atom is -0.345 e. The van der Waals surface area contributed by atoms with Crippen LogP contribution in [0.25, 0.3) is 0 Å². The van der Waals surface area contributed by atoms with Crippen molar-refractivity contribution >= 4 is 39.1 Å². The molecule has 1 unspecified atom stereocenters. The van der Waals surface area contributed by atoms with Gasteiger partial charge in [0.25, 0.3) is 5.91 Å². The van der Waals surface area contributed by atoms with Crippen LogP contribution in [0.5, 0.6) is 0 Å². The van der Waals surface area contributed by atoms with E-state index >= 15 is 0 Å². The van der Waals surface area contributed by atoms with E-state index in [2.05, 4.69) is 15.3 Å². The molecule has 0 aliphatic carbocycles. The molecule has 2 aromatic rings. The first-order chi connectivity index (χ1) is 15.5. The lowest BCUT2D eigenvalue weighted by molar-refractivity contribution is -0.130. The fourth-order valence-electron chi connectivity index (χ4n) is 3.30. The fourth-order valence-corrected chi connectivity index (χ4v) is 4.07. The second kappa shape index (κ2) is 9.84. The van der Waals surface area contributed by atoms with Gasteiger partial charge in [0.2, 0.25) is 5.91 Å². The third-order valence-corrected chi connectivity index (χ3v) is 6.08. The largest absolute Gasteiger partial charge is 0.345 e. The second-order valence-corrected chi connectivity index (χ2v) is 10.1. The van der Waals surface area contributed by atoms with Gasteiger partial charge in [-0.05, 0) is 18.6 Å². The zero-order valence-electron chi connectivity index (χ0n) is 18.2. The van der Waals surface area contributed by atoms with Crippen molar-refractivity contribution < 1.29 is 22.4 Å². The van der Waals surface area contributed by atoms with Gasteiger partial charge in [0, 0.05) is 31.3 Å². The Hall–Kier alpha value is -3.05. The summed E-state index contributed by atoms with van der Waals surface area (Å²) in [5.74, 6) is -0.943. The monoisotopic (exact) mass is 495 g/mol. The predicted molar refractivity (Wildman–Crippen MR) is 122 cm³/mol. The molecule has 0 spiro atoms. The first-order valence-corrected chi connectivity index (χ1v) is 12.2. The molecule has 1 aromatic heterocycles. The molecule has 1 aliphatic heterocycles. The van der Waals surface area contributed by atoms with E-state index in [0.717, 1.165) is 11.7 Å². The molecule has 2 amide bonds. The Balaban J connectivity index is 1.82. The zero-order chi connectivity index (χ0) is 24.3. The van der Waals surface area contributed by atoms with Crippen LogP contribution < -0.4 is 10.2 Å². The zero-order valence-corrected chi connectivity index (χ0v) is 19.8. The van der Waals surface area contributed by atoms with Crippen LogP contribution in [0.2, 0.25) is 5.02 Å². The summed E-state index contributed by atoms with van der Waals surface area (Å²) in [6, 6.07) is 3.47. The standard InChI is InChI=1S/C21H23ClFN5O4S/c1-13(7-8-33(3,31)32)26-21(30)16-9-25-18(10-24-16)28-12-19(29)27(2)11-17(28)14-5-4-6-15(23)20(14)22/h4-10,13,17H,11-12H2,1-3H3,(H,26,30)/b8-7+/t13-,17?/m1/s1. The lowest BCUT2D eigenvalue weighted by Gasteiger charge is -2.40. The average molecular weight is 496 g/mol. The highest BCUT2D eigenvalue weighted by Crippen LogP contribution is 2.34. The second-order valence-electron chi connectivity index (χ2n) is 7.74. The van der Waals surface area contributed by atoms with Crippen molar-refractivity contribution in [2.24, 2.45) is 0 Å². The number of hydrogen-bond acceptors (Lipinski definition) is 7. The maximum Gasteiger partial charge on any atom is 0.271 e. The van der Waals surface area contributed by atoms with E-state index in [9.17, 15) is 22.4 Å². The van der Waals surface area contributed by atoms with E-state index in [1.165, 1.54) is 29.4 Å². The highest BCUT2D eigenvalue weighted by atomic mass is 35.5. The molecule has 176 valence electrons. The number of anilines is 1. The first-order valence-electron chi connectivity index (χ1n) is 9.92. The van der Waals surface area contributed by atoms with Gasteiger partial charge in [-0.3, -0.25) is 9.59 Å². The molecular formula is C21H23ClFN5O4S. The van der Waals surface area contributed by atoms with Crippen LogP contribution in [0, 0.1) is 5.82 Å². The van der Waals surface area contributed by atoms with Crippen molar-refractivity contribution in [3.05, 3.63) is 64.2 Å². The smallest absolute Gasteiger partial charge is 0.271 e. The van der Waals surface area contributed by atoms with Gasteiger partial charge in [-0.1, -0.05) is 29.8 Å². The molecular weight excluding hydrogens is 473 g/mol. The third kappa shape index (κ3) is 6.05. The maximum absolute atomic E-state index is 14.1. The third-order valence-electron chi connectivity index (χ3n) is 5.03. The van der Waals surface area contributed by atoms with Gasteiger partial charge in [-0.15, -0.1) is 0 Å². The van der Waals surface area contributed by atoms with Crippen molar-refractivity contribution in [2.45, 2.75) is 19.0 Å². The Morgan fingerprint density at radius 3 is 2.70 bits per heavy atom. The molecule has 1 aromatic carbocycles. The SMILES string of the molecule is C[C@H](/C=C/S(C)(=O)=O)NC(=O)c1cnc(N2CC(=O)N(C)CC2c2cccc(F)c2Cl)cn1. The summed E-state index contributed by atoms with van der Waals surface area (Å²) in [7, 11) is -1.66. The van der Waals surface area contributed by atoms with Gasteiger partial charge in [-0.25, -0.2) is 22.8 Å². The van der Waals surface area contributed by atoms with Crippen LogP contribution in [0.4, 0.5) is 10.2 Å². The van der Waals surface area contributed by atoms with Gasteiger partial charge in [0.15, 0.2) is 9.84 Å². The van der Waals surface area contributed by atoms with Crippen LogP contribution in [-0.2, 0) is 14.6 Å². The highest BCUT2D eigenvalue weighted by molar-refractivity contribution is 7.93. The molecule has 1 N–H and O–H groups in total. The van der Waals surface area contributed by atoms with E-state index in [1.807, 2.05) is 0 Å². The number of rotatable bonds is 6. The van der Waals surface area contributed by atoms with Gasteiger partial charge >= 0.3 is 0 Å². The quantitative estimate of drug-likeness (QED) is 0.651. The van der Waals surface area contributed by atoms with Crippen LogP contribution in [0.3, 0.4) is 0 Å². The number of aromatic nitrogens is 2. The molecule has 33 heavy (non-hydrogen) atoms. The molecule has 0 radical (unpaired) electrons. The first kappa shape index (κ1) is 24.6. The number of likely N-dealkylation sites (N-methyl/N-ethyl adjacent to an activating group) is 1. The number of halogens is 2. The number of piperazine rings is 1. The number of carbonyl (C=O) groups excluding carboxylic acids is 2. The lowest BCUT2D eigenvalue weighted by atomic mass is 10.0. The molecule has 1 aliphatic rings. The van der Waals surface area contributed by atoms with Crippen molar-refractivity contribution in [3.8, 4) is 0 Å². The molecule has 2 atom stereocenters. The molecule has 2 heterocycles. The van der Waals surface area contributed by atoms with Crippen LogP contribution in [0.15, 0.2) is 42.1 Å². The Labute approximate surface area is 196 Å². The van der Waals surface area contributed by atoms with Crippen LogP contribution >= 0.6 is 11.6 Å². The number of sulfone groups is 1. The van der Waals surface area contributed by atoms with Gasteiger partial charge in [0.05, 0.1) is 30.0 Å². The summed E-state index contributed by atoms with van der Waals surface area (Å²) in [6.07, 6.45) is 5.00. The summed E-state index contributed by atoms with van der Waals surface area (Å²) in [5, 5.41) is 3.58. The number of hydrogen-bond donors (Lipinski definition) is 1. The summed E-state index contributed by atoms with van der Waals surface area (Å²) >= 11 is 6.20. The summed E-state index contributed by atoms with van der Waals surface area (Å²) < 4.78 is 36.5. The van der Waals surface area contributed by atoms with Crippen molar-refractivity contribution in [1.82, 2.24) is 20.2 Å². The molecule has 0 saturated carbocycles. The molecule has 9 nitrogen and oxygen atoms in total. The van der Waals surface area contributed by atoms with E-state index in [0.29, 0.717) is 11.4 Å². The molecule has 3 rings (SSSR count). The van der Waals surface area contributed by atoms with Crippen molar-refractivity contribution in [2.75, 3.05) is 31.3 Å². The summed E-state index contributed by atoms with van der Waals surface area (Å²) in [5.41, 5.74) is 0.519. The summed E-state index contributed by atoms with van der Waals surface area (Å²) in [6.45, 7) is 1.85. The van der Waals surface area contributed by atoms with Crippen molar-refractivity contribution in [3.63, 3.8) is 0 Å². The van der Waals surface area contributed by atoms with E-state index in [1.54, 1.807) is 31.0 Å². The summed E-state index contributed by atoms with van der Waals surface area (Å²) in [4.78, 5) is 36.4. The lowest BCUT2D eigenvalue weighted by Crippen LogP contribution is -2.51. The Kier molecular flexibility index (Phi) is 7.33. The van der Waals surface area contributed by atoms with E-state index in [-0.39, 0.29) is 29.7 Å². The minimum absolute atomic E-state index is 0.0131. The predicted octanol–water partition coefficient (Wildman–Crippen LogP) is 1.97. The van der Waals surface area contributed by atoms with Crippen molar-refractivity contribution in [1.29, 1.82) is 0 Å². The number of amides is 2. The molecule has 12 heteroatoms. The number of carbonyl (C=O) groups is 2. The Morgan fingerprint density at radius 2 is 2.06 bits per heavy atom. The number of nitrogens with zero attached hydrogens (tertiary/aromatic N) is 4. The van der Waals surface area contributed by atoms with Crippen LogP contribution in [-0.4, -0.2) is 67.5 Å². The molecule has 0 bridgehead atoms. The maximum atomic E-state index is 14.1. The topological polar surface area (TPSA) is 113 Å². The normalized spacial score (nSPS) is 18.0. The minimum atomic E-state index is -3.31. The van der Waals surface area contributed by atoms with Crippen LogP contribution in [0.1, 0.15) is 29.0 Å². The number of benzene rings is 1. The fraction of sp³-hybridized carbons (Fsp3) is 0.333. The van der Waals surface area contributed by atoms with Gasteiger partial charge in [-0.2, -0.15) is 0 Å². The Morgan fingerprint density at radius 1 is 1.33 bits per heavy atom. The Bertz CT molecular complexity index is 1190. The number of nitrogens with one attached hydrogen (secondary N) is 1. The average Bonchev–Trinajstić information content (AvgIpc) is 2.75. The van der Waals surface area contributed by atoms with E-state index in [4.69, 9.17) is 11.6 Å². The van der Waals surface area contributed by atoms with Gasteiger partial charge in [0.1, 0.15) is 17.3 Å². The molecule has 1 saturated heterocycles.